The van der Waals surface area contributed by atoms with Crippen molar-refractivity contribution in [1.29, 1.82) is 0 Å². The summed E-state index contributed by atoms with van der Waals surface area (Å²) in [4.78, 5) is 0. The molecule has 0 amide bonds. The summed E-state index contributed by atoms with van der Waals surface area (Å²) in [5.74, 6) is -0.657. The lowest BCUT2D eigenvalue weighted by molar-refractivity contribution is 0.268. The van der Waals surface area contributed by atoms with Crippen molar-refractivity contribution in [2.24, 2.45) is 11.5 Å². The van der Waals surface area contributed by atoms with Gasteiger partial charge in [-0.25, -0.2) is 8.78 Å². The summed E-state index contributed by atoms with van der Waals surface area (Å²) in [7, 11) is 0. The van der Waals surface area contributed by atoms with Crippen LogP contribution in [0.5, 0.6) is 0 Å². The van der Waals surface area contributed by atoms with E-state index in [9.17, 15) is 8.78 Å². The van der Waals surface area contributed by atoms with Crippen LogP contribution in [0.25, 0.3) is 0 Å². The largest absolute Gasteiger partial charge is 0.320 e. The Hall–Kier alpha value is -1.78. The first-order valence-corrected chi connectivity index (χ1v) is 6.35. The van der Waals surface area contributed by atoms with Crippen LogP contribution in [0, 0.1) is 11.6 Å². The molecule has 0 aliphatic heterocycles. The molecule has 20 heavy (non-hydrogen) atoms. The van der Waals surface area contributed by atoms with Crippen LogP contribution in [0.1, 0.15) is 25.0 Å². The number of rotatable bonds is 3. The van der Waals surface area contributed by atoms with Gasteiger partial charge in [0.1, 0.15) is 11.6 Å². The Bertz CT molecular complexity index is 531. The smallest absolute Gasteiger partial charge is 0.123 e. The summed E-state index contributed by atoms with van der Waals surface area (Å²) in [6, 6.07) is 11.9. The van der Waals surface area contributed by atoms with Crippen molar-refractivity contribution in [2.75, 3.05) is 0 Å². The molecule has 2 rings (SSSR count). The van der Waals surface area contributed by atoms with Crippen molar-refractivity contribution in [3.63, 3.8) is 0 Å². The normalized spacial score (nSPS) is 17.3. The highest BCUT2D eigenvalue weighted by Crippen LogP contribution is 2.36. The highest BCUT2D eigenvalue weighted by molar-refractivity contribution is 5.35. The van der Waals surface area contributed by atoms with Crippen molar-refractivity contribution < 1.29 is 8.78 Å². The van der Waals surface area contributed by atoms with E-state index >= 15 is 0 Å². The molecule has 0 bridgehead atoms. The maximum absolute atomic E-state index is 13.0. The van der Waals surface area contributed by atoms with Crippen LogP contribution >= 0.6 is 0 Å². The minimum absolute atomic E-state index is 0.329. The van der Waals surface area contributed by atoms with Crippen molar-refractivity contribution >= 4 is 0 Å². The van der Waals surface area contributed by atoms with Gasteiger partial charge in [-0.15, -0.1) is 0 Å². The topological polar surface area (TPSA) is 52.0 Å². The first-order valence-electron chi connectivity index (χ1n) is 6.35. The predicted molar refractivity (Wildman–Crippen MR) is 75.9 cm³/mol. The first-order chi connectivity index (χ1) is 9.25. The summed E-state index contributed by atoms with van der Waals surface area (Å²) in [5.41, 5.74) is 12.4. The number of hydrogen-bond acceptors (Lipinski definition) is 2. The molecule has 0 spiro atoms. The van der Waals surface area contributed by atoms with E-state index in [0.29, 0.717) is 11.1 Å². The number of halogens is 2. The van der Waals surface area contributed by atoms with E-state index in [2.05, 4.69) is 0 Å². The van der Waals surface area contributed by atoms with Crippen molar-refractivity contribution in [1.82, 2.24) is 0 Å². The van der Waals surface area contributed by atoms with Crippen molar-refractivity contribution in [2.45, 2.75) is 24.9 Å². The third-order valence-corrected chi connectivity index (χ3v) is 3.97. The summed E-state index contributed by atoms with van der Waals surface area (Å²) in [6.45, 7) is 3.56. The lowest BCUT2D eigenvalue weighted by Gasteiger charge is -2.42. The molecule has 4 heteroatoms. The molecule has 0 saturated carbocycles. The van der Waals surface area contributed by atoms with E-state index in [0.717, 1.165) is 0 Å². The Labute approximate surface area is 117 Å². The third kappa shape index (κ3) is 2.44. The minimum Gasteiger partial charge on any atom is -0.320 e. The van der Waals surface area contributed by atoms with Gasteiger partial charge in [-0.3, -0.25) is 0 Å². The second kappa shape index (κ2) is 4.96. The average molecular weight is 276 g/mol. The molecule has 2 aromatic rings. The fourth-order valence-electron chi connectivity index (χ4n) is 2.19. The molecule has 0 heterocycles. The molecule has 2 unspecified atom stereocenters. The number of hydrogen-bond donors (Lipinski definition) is 2. The van der Waals surface area contributed by atoms with Gasteiger partial charge in [0.25, 0.3) is 0 Å². The molecule has 0 radical (unpaired) electrons. The monoisotopic (exact) mass is 276 g/mol. The number of nitrogens with two attached hydrogens (primary N) is 2. The van der Waals surface area contributed by atoms with E-state index < -0.39 is 11.1 Å². The van der Waals surface area contributed by atoms with Crippen LogP contribution in [-0.2, 0) is 11.1 Å². The van der Waals surface area contributed by atoms with Crippen molar-refractivity contribution in [3.8, 4) is 0 Å². The van der Waals surface area contributed by atoms with E-state index in [-0.39, 0.29) is 11.6 Å². The first kappa shape index (κ1) is 14.6. The standard InChI is InChI=1S/C16H18F2N2/c1-15(19,11-3-7-13(17)8-4-11)16(2,20)12-5-9-14(18)10-6-12/h3-10H,19-20H2,1-2H3. The molecule has 0 saturated heterocycles. The van der Waals surface area contributed by atoms with Gasteiger partial charge < -0.3 is 11.5 Å². The fourth-order valence-corrected chi connectivity index (χ4v) is 2.19. The molecule has 2 aromatic carbocycles. The van der Waals surface area contributed by atoms with Gasteiger partial charge in [-0.05, 0) is 49.2 Å². The SMILES string of the molecule is CC(N)(c1ccc(F)cc1)C(C)(N)c1ccc(F)cc1. The Morgan fingerprint density at radius 2 is 0.900 bits per heavy atom. The molecule has 0 aliphatic rings. The molecular formula is C16H18F2N2. The number of benzene rings is 2. The lowest BCUT2D eigenvalue weighted by atomic mass is 9.72. The molecule has 2 nitrogen and oxygen atoms in total. The van der Waals surface area contributed by atoms with Crippen LogP contribution in [0.4, 0.5) is 8.78 Å². The third-order valence-electron chi connectivity index (χ3n) is 3.97. The van der Waals surface area contributed by atoms with Gasteiger partial charge in [0.2, 0.25) is 0 Å². The second-order valence-electron chi connectivity index (χ2n) is 5.42. The van der Waals surface area contributed by atoms with Crippen LogP contribution in [0.15, 0.2) is 48.5 Å². The van der Waals surface area contributed by atoms with Crippen LogP contribution in [0.2, 0.25) is 0 Å². The highest BCUT2D eigenvalue weighted by atomic mass is 19.1. The Morgan fingerprint density at radius 3 is 1.15 bits per heavy atom. The molecule has 0 aliphatic carbocycles. The molecule has 0 fully saturated rings. The van der Waals surface area contributed by atoms with Gasteiger partial charge in [0.15, 0.2) is 0 Å². The van der Waals surface area contributed by atoms with Gasteiger partial charge in [-0.1, -0.05) is 24.3 Å². The molecular weight excluding hydrogens is 258 g/mol. The van der Waals surface area contributed by atoms with Gasteiger partial charge in [-0.2, -0.15) is 0 Å². The maximum atomic E-state index is 13.0. The molecule has 2 atom stereocenters. The van der Waals surface area contributed by atoms with Gasteiger partial charge in [0, 0.05) is 0 Å². The molecule has 0 aromatic heterocycles. The van der Waals surface area contributed by atoms with Crippen LogP contribution in [-0.4, -0.2) is 0 Å². The Balaban J connectivity index is 2.45. The van der Waals surface area contributed by atoms with E-state index in [1.165, 1.54) is 24.3 Å². The summed E-state index contributed by atoms with van der Waals surface area (Å²) in [5, 5.41) is 0. The van der Waals surface area contributed by atoms with E-state index in [4.69, 9.17) is 11.5 Å². The molecule has 106 valence electrons. The zero-order chi connectivity index (χ0) is 15.0. The Morgan fingerprint density at radius 1 is 0.650 bits per heavy atom. The minimum atomic E-state index is -0.932. The van der Waals surface area contributed by atoms with Gasteiger partial charge in [0.05, 0.1) is 11.1 Å². The maximum Gasteiger partial charge on any atom is 0.123 e. The summed E-state index contributed by atoms with van der Waals surface area (Å²) >= 11 is 0. The lowest BCUT2D eigenvalue weighted by Crippen LogP contribution is -2.57. The summed E-state index contributed by atoms with van der Waals surface area (Å²) in [6.07, 6.45) is 0. The van der Waals surface area contributed by atoms with Crippen molar-refractivity contribution in [3.05, 3.63) is 71.3 Å². The van der Waals surface area contributed by atoms with Crippen LogP contribution < -0.4 is 11.5 Å². The Kier molecular flexibility index (Phi) is 3.63. The van der Waals surface area contributed by atoms with Gasteiger partial charge >= 0.3 is 0 Å². The highest BCUT2D eigenvalue weighted by Gasteiger charge is 2.41. The van der Waals surface area contributed by atoms with E-state index in [1.807, 2.05) is 0 Å². The van der Waals surface area contributed by atoms with Crippen LogP contribution in [0.3, 0.4) is 0 Å². The molecule has 4 N–H and O–H groups in total. The zero-order valence-electron chi connectivity index (χ0n) is 11.5. The summed E-state index contributed by atoms with van der Waals surface area (Å²) < 4.78 is 26.1. The predicted octanol–water partition coefficient (Wildman–Crippen LogP) is 3.01. The van der Waals surface area contributed by atoms with E-state index in [1.54, 1.807) is 38.1 Å². The average Bonchev–Trinajstić information content (AvgIpc) is 2.39. The zero-order valence-corrected chi connectivity index (χ0v) is 11.5. The second-order valence-corrected chi connectivity index (χ2v) is 5.42. The quantitative estimate of drug-likeness (QED) is 0.905. The fraction of sp³-hybridized carbons (Fsp3) is 0.250.